The van der Waals surface area contributed by atoms with Crippen molar-refractivity contribution in [3.8, 4) is 0 Å². The summed E-state index contributed by atoms with van der Waals surface area (Å²) in [5.74, 6) is 0.625. The van der Waals surface area contributed by atoms with Gasteiger partial charge in [0.05, 0.1) is 26.2 Å². The molecule has 0 radical (unpaired) electrons. The molecule has 4 aliphatic rings. The maximum Gasteiger partial charge on any atom is 0.143 e. The predicted molar refractivity (Wildman–Crippen MR) is 54.8 cm³/mol. The van der Waals surface area contributed by atoms with Crippen molar-refractivity contribution in [2.75, 3.05) is 45.9 Å². The first-order valence-electron chi connectivity index (χ1n) is 5.06. The van der Waals surface area contributed by atoms with Gasteiger partial charge in [0.15, 0.2) is 0 Å². The summed E-state index contributed by atoms with van der Waals surface area (Å²) in [6.45, 7) is 6.89. The molecule has 4 aliphatic heterocycles. The zero-order valence-electron chi connectivity index (χ0n) is 8.27. The highest BCUT2D eigenvalue weighted by Crippen LogP contribution is 2.28. The highest BCUT2D eigenvalue weighted by molar-refractivity contribution is 6.18. The van der Waals surface area contributed by atoms with Crippen LogP contribution in [0.4, 0.5) is 0 Å². The smallest absolute Gasteiger partial charge is 0.143 e. The molecule has 0 N–H and O–H groups in total. The van der Waals surface area contributed by atoms with Gasteiger partial charge in [-0.1, -0.05) is 0 Å². The fraction of sp³-hybridized carbons (Fsp3) is 0.778. The SMILES string of the molecule is ClC/C=C\[N+]12CN3CN(CN(C3)C1)C2. The second-order valence-electron chi connectivity index (χ2n) is 4.62. The minimum Gasteiger partial charge on any atom is -0.260 e. The number of alkyl halides is 1. The minimum atomic E-state index is 0.625. The van der Waals surface area contributed by atoms with Gasteiger partial charge in [-0.3, -0.25) is 4.48 Å². The lowest BCUT2D eigenvalue weighted by Gasteiger charge is -2.59. The molecule has 5 heteroatoms. The van der Waals surface area contributed by atoms with Gasteiger partial charge in [0.25, 0.3) is 0 Å². The first-order valence-corrected chi connectivity index (χ1v) is 5.60. The van der Waals surface area contributed by atoms with Gasteiger partial charge in [0, 0.05) is 5.88 Å². The predicted octanol–water partition coefficient (Wildman–Crippen LogP) is 0.248. The van der Waals surface area contributed by atoms with Crippen LogP contribution < -0.4 is 0 Å². The molecule has 0 unspecified atom stereocenters. The Morgan fingerprint density at radius 2 is 1.50 bits per heavy atom. The largest absolute Gasteiger partial charge is 0.260 e. The number of hydrogen-bond donors (Lipinski definition) is 0. The van der Waals surface area contributed by atoms with Crippen LogP contribution in [-0.2, 0) is 0 Å². The molecule has 0 spiro atoms. The van der Waals surface area contributed by atoms with E-state index in [4.69, 9.17) is 11.6 Å². The lowest BCUT2D eigenvalue weighted by atomic mass is 10.3. The molecule has 4 saturated heterocycles. The van der Waals surface area contributed by atoms with Crippen molar-refractivity contribution >= 4 is 11.6 Å². The molecule has 0 atom stereocenters. The average Bonchev–Trinajstić information content (AvgIpc) is 2.12. The summed E-state index contributed by atoms with van der Waals surface area (Å²) in [6.07, 6.45) is 4.36. The summed E-state index contributed by atoms with van der Waals surface area (Å²) in [5, 5.41) is 0. The quantitative estimate of drug-likeness (QED) is 0.483. The summed E-state index contributed by atoms with van der Waals surface area (Å²) >= 11 is 5.70. The highest BCUT2D eigenvalue weighted by Gasteiger charge is 2.47. The summed E-state index contributed by atoms with van der Waals surface area (Å²) < 4.78 is 1.05. The molecule has 0 aromatic heterocycles. The molecule has 78 valence electrons. The van der Waals surface area contributed by atoms with Crippen molar-refractivity contribution in [3.05, 3.63) is 12.3 Å². The van der Waals surface area contributed by atoms with E-state index < -0.39 is 0 Å². The molecule has 4 rings (SSSR count). The van der Waals surface area contributed by atoms with E-state index in [1.54, 1.807) is 0 Å². The fourth-order valence-corrected chi connectivity index (χ4v) is 3.06. The molecule has 0 saturated carbocycles. The Hall–Kier alpha value is -0.130. The highest BCUT2D eigenvalue weighted by atomic mass is 35.5. The molecule has 4 heterocycles. The van der Waals surface area contributed by atoms with E-state index in [-0.39, 0.29) is 0 Å². The van der Waals surface area contributed by atoms with Crippen LogP contribution >= 0.6 is 11.6 Å². The molecule has 4 fully saturated rings. The molecule has 14 heavy (non-hydrogen) atoms. The van der Waals surface area contributed by atoms with Crippen LogP contribution in [0.2, 0.25) is 0 Å². The van der Waals surface area contributed by atoms with Gasteiger partial charge in [0.1, 0.15) is 20.0 Å². The van der Waals surface area contributed by atoms with Gasteiger partial charge >= 0.3 is 0 Å². The fourth-order valence-electron chi connectivity index (χ4n) is 2.98. The number of quaternary nitrogens is 1. The van der Waals surface area contributed by atoms with E-state index in [9.17, 15) is 0 Å². The maximum atomic E-state index is 5.70. The van der Waals surface area contributed by atoms with Gasteiger partial charge < -0.3 is 0 Å². The normalized spacial score (nSPS) is 50.5. The van der Waals surface area contributed by atoms with Crippen LogP contribution in [-0.4, -0.2) is 65.1 Å². The third-order valence-corrected chi connectivity index (χ3v) is 3.33. The van der Waals surface area contributed by atoms with Crippen LogP contribution in [0.5, 0.6) is 0 Å². The zero-order chi connectivity index (χ0) is 9.60. The number of nitrogens with zero attached hydrogens (tertiary/aromatic N) is 4. The zero-order valence-corrected chi connectivity index (χ0v) is 9.03. The standard InChI is InChI=1S/C9H16ClN4/c10-2-1-3-14-7-11-4-12(8-14)6-13(5-11)9-14/h1,3H,2,4-9H2/q+1/b3-1-. The summed E-state index contributed by atoms with van der Waals surface area (Å²) in [7, 11) is 0. The van der Waals surface area contributed by atoms with Crippen LogP contribution in [0, 0.1) is 0 Å². The molecule has 0 aromatic carbocycles. The van der Waals surface area contributed by atoms with Crippen LogP contribution in [0.15, 0.2) is 12.3 Å². The Morgan fingerprint density at radius 3 is 1.93 bits per heavy atom. The van der Waals surface area contributed by atoms with E-state index in [2.05, 4.69) is 27.0 Å². The Kier molecular flexibility index (Phi) is 2.07. The lowest BCUT2D eigenvalue weighted by molar-refractivity contribution is -0.937. The number of hydrogen-bond acceptors (Lipinski definition) is 3. The first-order chi connectivity index (χ1) is 6.80. The molecule has 0 aliphatic carbocycles. The molecule has 0 aromatic rings. The minimum absolute atomic E-state index is 0.625. The van der Waals surface area contributed by atoms with E-state index in [0.29, 0.717) is 5.88 Å². The van der Waals surface area contributed by atoms with E-state index in [1.807, 2.05) is 0 Å². The van der Waals surface area contributed by atoms with Gasteiger partial charge in [-0.2, -0.15) is 0 Å². The van der Waals surface area contributed by atoms with Crippen LogP contribution in [0.25, 0.3) is 0 Å². The van der Waals surface area contributed by atoms with Crippen molar-refractivity contribution in [2.24, 2.45) is 0 Å². The third-order valence-electron chi connectivity index (χ3n) is 3.16. The molecule has 0 amide bonds. The summed E-state index contributed by atoms with van der Waals surface area (Å²) in [4.78, 5) is 7.49. The Balaban J connectivity index is 1.84. The summed E-state index contributed by atoms with van der Waals surface area (Å²) in [6, 6.07) is 0. The second-order valence-corrected chi connectivity index (χ2v) is 4.93. The Morgan fingerprint density at radius 1 is 1.00 bits per heavy atom. The van der Waals surface area contributed by atoms with Crippen LogP contribution in [0.3, 0.4) is 0 Å². The molecule has 4 nitrogen and oxygen atoms in total. The van der Waals surface area contributed by atoms with Gasteiger partial charge in [0.2, 0.25) is 0 Å². The van der Waals surface area contributed by atoms with E-state index in [1.165, 1.54) is 0 Å². The molecular formula is C9H16ClN4+. The monoisotopic (exact) mass is 215 g/mol. The first kappa shape index (κ1) is 9.12. The average molecular weight is 216 g/mol. The van der Waals surface area contributed by atoms with Gasteiger partial charge in [-0.25, -0.2) is 14.7 Å². The van der Waals surface area contributed by atoms with Crippen molar-refractivity contribution < 1.29 is 4.48 Å². The lowest BCUT2D eigenvalue weighted by Crippen LogP contribution is -2.77. The Bertz CT molecular complexity index is 230. The van der Waals surface area contributed by atoms with E-state index >= 15 is 0 Å². The molecular weight excluding hydrogens is 200 g/mol. The van der Waals surface area contributed by atoms with E-state index in [0.717, 1.165) is 44.5 Å². The number of halogens is 1. The Labute approximate surface area is 89.5 Å². The van der Waals surface area contributed by atoms with Gasteiger partial charge in [-0.05, 0) is 6.08 Å². The topological polar surface area (TPSA) is 9.72 Å². The maximum absolute atomic E-state index is 5.70. The number of rotatable bonds is 2. The van der Waals surface area contributed by atoms with Crippen molar-refractivity contribution in [2.45, 2.75) is 0 Å². The number of allylic oxidation sites excluding steroid dienone is 1. The summed E-state index contributed by atoms with van der Waals surface area (Å²) in [5.41, 5.74) is 0. The van der Waals surface area contributed by atoms with Crippen molar-refractivity contribution in [1.29, 1.82) is 0 Å². The second kappa shape index (κ2) is 3.18. The van der Waals surface area contributed by atoms with Gasteiger partial charge in [-0.15, -0.1) is 11.6 Å². The van der Waals surface area contributed by atoms with Crippen molar-refractivity contribution in [3.63, 3.8) is 0 Å². The third kappa shape index (κ3) is 1.38. The van der Waals surface area contributed by atoms with Crippen LogP contribution in [0.1, 0.15) is 0 Å². The molecule has 4 bridgehead atoms. The van der Waals surface area contributed by atoms with Crippen molar-refractivity contribution in [1.82, 2.24) is 14.7 Å².